The molecular formula is C30H36N4O6S. The van der Waals surface area contributed by atoms with E-state index in [0.29, 0.717) is 64.3 Å². The highest BCUT2D eigenvalue weighted by atomic mass is 32.2. The Kier molecular flexibility index (Phi) is 8.19. The Labute approximate surface area is 243 Å². The van der Waals surface area contributed by atoms with Gasteiger partial charge in [0.1, 0.15) is 0 Å². The summed E-state index contributed by atoms with van der Waals surface area (Å²) in [7, 11) is 4.89. The monoisotopic (exact) mass is 580 g/mol. The standard InChI is InChI=1S/C30H36N4O6S/c1-7-32-41-30(2,3)9-8-27(35)33(4)10-11-34-28-20-14-25-26(40-17-39-25)15-22(20)31-16-21(28)18-12-23(37-5)24(38-6)13-19(18)29(34)36/h12-16,32H,7-11,17H2,1-6H3. The van der Waals surface area contributed by atoms with Gasteiger partial charge in [-0.2, -0.15) is 0 Å². The van der Waals surface area contributed by atoms with E-state index in [-0.39, 0.29) is 23.0 Å². The molecule has 0 unspecified atom stereocenters. The van der Waals surface area contributed by atoms with Crippen molar-refractivity contribution in [2.24, 2.45) is 0 Å². The number of hydrogen-bond donors (Lipinski definition) is 1. The van der Waals surface area contributed by atoms with Crippen molar-refractivity contribution < 1.29 is 23.7 Å². The van der Waals surface area contributed by atoms with Crippen molar-refractivity contribution in [3.8, 4) is 23.0 Å². The fourth-order valence-electron chi connectivity index (χ4n) is 5.09. The van der Waals surface area contributed by atoms with Crippen LogP contribution in [0.2, 0.25) is 0 Å². The SMILES string of the molecule is CCNSC(C)(C)CCC(=O)N(C)CCn1c(=O)c2cc(OC)c(OC)cc2c2cnc3cc4c(cc3c21)OCO4. The molecule has 1 amide bonds. The van der Waals surface area contributed by atoms with Crippen LogP contribution in [0, 0.1) is 0 Å². The van der Waals surface area contributed by atoms with E-state index >= 15 is 0 Å². The third kappa shape index (κ3) is 5.60. The van der Waals surface area contributed by atoms with Crippen LogP contribution in [0.3, 0.4) is 0 Å². The second-order valence-corrected chi connectivity index (χ2v) is 12.2. The Balaban J connectivity index is 1.57. The maximum Gasteiger partial charge on any atom is 0.259 e. The summed E-state index contributed by atoms with van der Waals surface area (Å²) >= 11 is 1.65. The molecule has 0 saturated heterocycles. The van der Waals surface area contributed by atoms with Crippen LogP contribution in [0.4, 0.5) is 0 Å². The summed E-state index contributed by atoms with van der Waals surface area (Å²) < 4.78 is 27.2. The summed E-state index contributed by atoms with van der Waals surface area (Å²) in [4.78, 5) is 33.6. The molecule has 4 aromatic rings. The van der Waals surface area contributed by atoms with Crippen LogP contribution in [0.1, 0.15) is 33.6 Å². The van der Waals surface area contributed by atoms with Gasteiger partial charge in [0, 0.05) is 66.3 Å². The Hall–Kier alpha value is -3.70. The number of fused-ring (bicyclic) bond motifs is 6. The van der Waals surface area contributed by atoms with E-state index < -0.39 is 0 Å². The summed E-state index contributed by atoms with van der Waals surface area (Å²) in [6, 6.07) is 7.21. The highest BCUT2D eigenvalue weighted by Crippen LogP contribution is 2.40. The Bertz CT molecular complexity index is 1690. The van der Waals surface area contributed by atoms with E-state index in [1.165, 1.54) is 0 Å². The fourth-order valence-corrected chi connectivity index (χ4v) is 5.83. The minimum atomic E-state index is -0.192. The number of carbonyl (C=O) groups is 1. The number of pyridine rings is 2. The van der Waals surface area contributed by atoms with E-state index in [2.05, 4.69) is 25.5 Å². The minimum Gasteiger partial charge on any atom is -0.493 e. The number of carbonyl (C=O) groups excluding carboxylic acids is 1. The summed E-state index contributed by atoms with van der Waals surface area (Å²) in [5, 5.41) is 2.73. The van der Waals surface area contributed by atoms with Gasteiger partial charge in [0.05, 0.1) is 30.6 Å². The Morgan fingerprint density at radius 1 is 1.07 bits per heavy atom. The molecule has 41 heavy (non-hydrogen) atoms. The van der Waals surface area contributed by atoms with Crippen LogP contribution in [0.5, 0.6) is 23.0 Å². The van der Waals surface area contributed by atoms with E-state index in [1.54, 1.807) is 54.9 Å². The van der Waals surface area contributed by atoms with Gasteiger partial charge in [-0.25, -0.2) is 0 Å². The van der Waals surface area contributed by atoms with E-state index in [1.807, 2.05) is 18.2 Å². The van der Waals surface area contributed by atoms with E-state index in [9.17, 15) is 9.59 Å². The molecule has 0 fully saturated rings. The Morgan fingerprint density at radius 2 is 1.76 bits per heavy atom. The van der Waals surface area contributed by atoms with Gasteiger partial charge in [-0.1, -0.05) is 18.9 Å². The van der Waals surface area contributed by atoms with Crippen molar-refractivity contribution >= 4 is 50.4 Å². The zero-order chi connectivity index (χ0) is 29.3. The highest BCUT2D eigenvalue weighted by Gasteiger charge is 2.23. The number of rotatable bonds is 11. The van der Waals surface area contributed by atoms with Crippen LogP contribution in [0.25, 0.3) is 32.6 Å². The normalized spacial score (nSPS) is 12.8. The van der Waals surface area contributed by atoms with Gasteiger partial charge in [0.2, 0.25) is 12.7 Å². The van der Waals surface area contributed by atoms with Crippen LogP contribution >= 0.6 is 11.9 Å². The number of ether oxygens (including phenoxy) is 4. The number of methoxy groups -OCH3 is 2. The first kappa shape index (κ1) is 28.8. The number of nitrogens with one attached hydrogen (secondary N) is 1. The lowest BCUT2D eigenvalue weighted by Crippen LogP contribution is -2.34. The molecule has 10 nitrogen and oxygen atoms in total. The van der Waals surface area contributed by atoms with Gasteiger partial charge in [-0.15, -0.1) is 0 Å². The van der Waals surface area contributed by atoms with Crippen LogP contribution in [-0.4, -0.2) is 66.3 Å². The van der Waals surface area contributed by atoms with Gasteiger partial charge in [0.25, 0.3) is 5.56 Å². The molecule has 2 aromatic heterocycles. The number of likely N-dealkylation sites (N-methyl/N-ethyl adjacent to an activating group) is 1. The quantitative estimate of drug-likeness (QED) is 0.199. The molecule has 11 heteroatoms. The van der Waals surface area contributed by atoms with Crippen LogP contribution in [-0.2, 0) is 11.3 Å². The van der Waals surface area contributed by atoms with Gasteiger partial charge >= 0.3 is 0 Å². The van der Waals surface area contributed by atoms with Gasteiger partial charge in [0.15, 0.2) is 23.0 Å². The number of hydrogen-bond acceptors (Lipinski definition) is 9. The minimum absolute atomic E-state index is 0.0367. The summed E-state index contributed by atoms with van der Waals surface area (Å²) in [5.41, 5.74) is 1.20. The number of aromatic nitrogens is 2. The first-order valence-corrected chi connectivity index (χ1v) is 14.4. The molecule has 218 valence electrons. The largest absolute Gasteiger partial charge is 0.493 e. The number of amides is 1. The third-order valence-electron chi connectivity index (χ3n) is 7.41. The highest BCUT2D eigenvalue weighted by molar-refractivity contribution is 7.98. The molecule has 0 saturated carbocycles. The molecule has 1 aliphatic heterocycles. The van der Waals surface area contributed by atoms with Gasteiger partial charge in [-0.05, 0) is 38.5 Å². The van der Waals surface area contributed by atoms with Crippen molar-refractivity contribution in [3.63, 3.8) is 0 Å². The smallest absolute Gasteiger partial charge is 0.259 e. The molecule has 1 N–H and O–H groups in total. The van der Waals surface area contributed by atoms with Crippen molar-refractivity contribution in [2.45, 2.75) is 44.9 Å². The van der Waals surface area contributed by atoms with E-state index in [0.717, 1.165) is 23.7 Å². The molecule has 0 aliphatic carbocycles. The lowest BCUT2D eigenvalue weighted by Gasteiger charge is -2.25. The van der Waals surface area contributed by atoms with Crippen molar-refractivity contribution in [3.05, 3.63) is 40.8 Å². The molecule has 0 bridgehead atoms. The summed E-state index contributed by atoms with van der Waals surface area (Å²) in [5.74, 6) is 2.24. The lowest BCUT2D eigenvalue weighted by atomic mass is 10.0. The molecular weight excluding hydrogens is 544 g/mol. The summed E-state index contributed by atoms with van der Waals surface area (Å²) in [6.45, 7) is 7.96. The lowest BCUT2D eigenvalue weighted by molar-refractivity contribution is -0.130. The molecule has 0 radical (unpaired) electrons. The summed E-state index contributed by atoms with van der Waals surface area (Å²) in [6.07, 6.45) is 2.92. The first-order valence-electron chi connectivity index (χ1n) is 13.6. The molecule has 0 atom stereocenters. The second-order valence-electron chi connectivity index (χ2n) is 10.6. The fraction of sp³-hybridized carbons (Fsp3) is 0.433. The number of nitrogens with zero attached hydrogens (tertiary/aromatic N) is 3. The predicted molar refractivity (Wildman–Crippen MR) is 162 cm³/mol. The maximum absolute atomic E-state index is 14.1. The topological polar surface area (TPSA) is 104 Å². The Morgan fingerprint density at radius 3 is 2.44 bits per heavy atom. The second kappa shape index (κ2) is 11.7. The molecule has 1 aliphatic rings. The zero-order valence-corrected chi connectivity index (χ0v) is 25.1. The molecule has 2 aromatic carbocycles. The van der Waals surface area contributed by atoms with E-state index in [4.69, 9.17) is 23.9 Å². The number of benzene rings is 2. The first-order chi connectivity index (χ1) is 19.7. The maximum atomic E-state index is 14.1. The zero-order valence-electron chi connectivity index (χ0n) is 24.3. The predicted octanol–water partition coefficient (Wildman–Crippen LogP) is 4.72. The van der Waals surface area contributed by atoms with Crippen LogP contribution < -0.4 is 29.2 Å². The van der Waals surface area contributed by atoms with Crippen molar-refractivity contribution in [2.75, 3.05) is 41.1 Å². The third-order valence-corrected chi connectivity index (χ3v) is 8.60. The average molecular weight is 581 g/mol. The molecule has 0 spiro atoms. The van der Waals surface area contributed by atoms with Gasteiger partial charge < -0.3 is 28.4 Å². The van der Waals surface area contributed by atoms with Gasteiger partial charge in [-0.3, -0.25) is 19.3 Å². The van der Waals surface area contributed by atoms with Crippen molar-refractivity contribution in [1.82, 2.24) is 19.2 Å². The van der Waals surface area contributed by atoms with Crippen molar-refractivity contribution in [1.29, 1.82) is 0 Å². The molecule has 3 heterocycles. The van der Waals surface area contributed by atoms with Crippen LogP contribution in [0.15, 0.2) is 35.3 Å². The molecule has 5 rings (SSSR count). The average Bonchev–Trinajstić information content (AvgIpc) is 3.44.